The van der Waals surface area contributed by atoms with E-state index in [4.69, 9.17) is 16.3 Å². The highest BCUT2D eigenvalue weighted by Gasteiger charge is 2.36. The molecule has 0 amide bonds. The maximum Gasteiger partial charge on any atom is 0.351 e. The fourth-order valence-electron chi connectivity index (χ4n) is 2.75. The molecule has 2 nitrogen and oxygen atoms in total. The fourth-order valence-corrected chi connectivity index (χ4v) is 4.45. The number of cyclic esters (lactones) is 1. The summed E-state index contributed by atoms with van der Waals surface area (Å²) in [4.78, 5) is 12.7. The normalized spacial score (nSPS) is 24.1. The van der Waals surface area contributed by atoms with Gasteiger partial charge in [-0.2, -0.15) is 0 Å². The third kappa shape index (κ3) is 2.89. The second kappa shape index (κ2) is 6.23. The van der Waals surface area contributed by atoms with Gasteiger partial charge in [0.05, 0.1) is 4.91 Å². The lowest BCUT2D eigenvalue weighted by atomic mass is 10.0. The first-order valence-electron chi connectivity index (χ1n) is 7.08. The number of halogens is 1. The van der Waals surface area contributed by atoms with Crippen molar-refractivity contribution in [3.63, 3.8) is 0 Å². The number of ether oxygens (including phenoxy) is 1. The van der Waals surface area contributed by atoms with Crippen molar-refractivity contribution in [1.29, 1.82) is 0 Å². The van der Waals surface area contributed by atoms with Crippen molar-refractivity contribution in [2.45, 2.75) is 43.5 Å². The van der Waals surface area contributed by atoms with E-state index in [0.717, 1.165) is 10.5 Å². The Kier molecular flexibility index (Phi) is 4.37. The minimum absolute atomic E-state index is 0.273. The van der Waals surface area contributed by atoms with Crippen LogP contribution in [0, 0.1) is 0 Å². The van der Waals surface area contributed by atoms with Gasteiger partial charge in [-0.25, -0.2) is 4.79 Å². The van der Waals surface area contributed by atoms with E-state index in [0.29, 0.717) is 5.25 Å². The maximum atomic E-state index is 11.8. The Hall–Kier alpha value is -0.930. The van der Waals surface area contributed by atoms with Crippen LogP contribution in [0.5, 0.6) is 0 Å². The quantitative estimate of drug-likeness (QED) is 0.750. The summed E-state index contributed by atoms with van der Waals surface area (Å²) < 4.78 is 5.45. The van der Waals surface area contributed by atoms with E-state index in [1.54, 1.807) is 11.8 Å². The van der Waals surface area contributed by atoms with Crippen molar-refractivity contribution in [3.8, 4) is 0 Å². The third-order valence-electron chi connectivity index (χ3n) is 3.81. The van der Waals surface area contributed by atoms with Crippen LogP contribution in [0.1, 0.15) is 43.8 Å². The number of carbonyl (C=O) groups excluding carboxylic acids is 1. The number of rotatable bonds is 3. The molecule has 4 heteroatoms. The summed E-state index contributed by atoms with van der Waals surface area (Å²) in [6, 6.07) is 9.83. The predicted molar refractivity (Wildman–Crippen MR) is 82.6 cm³/mol. The standard InChI is InChI=1S/C16H17ClO2S/c17-13-15(20-12-9-5-2-6-10-12)14(19-16(13)18)11-7-3-1-4-8-11/h1,3-4,7-8,12,14H,2,5-6,9-10H2. The van der Waals surface area contributed by atoms with Gasteiger partial charge in [-0.1, -0.05) is 61.2 Å². The average Bonchev–Trinajstić information content (AvgIpc) is 2.78. The molecule has 1 aliphatic carbocycles. The molecule has 3 rings (SSSR count). The largest absolute Gasteiger partial charge is 0.448 e. The number of benzene rings is 1. The monoisotopic (exact) mass is 308 g/mol. The molecule has 0 N–H and O–H groups in total. The van der Waals surface area contributed by atoms with Crippen LogP contribution < -0.4 is 0 Å². The summed E-state index contributed by atoms with van der Waals surface area (Å²) in [5.41, 5.74) is 0.995. The second-order valence-electron chi connectivity index (χ2n) is 5.25. The van der Waals surface area contributed by atoms with Crippen LogP contribution in [0.4, 0.5) is 0 Å². The molecule has 1 heterocycles. The van der Waals surface area contributed by atoms with Crippen LogP contribution in [0.25, 0.3) is 0 Å². The molecular formula is C16H17ClO2S. The molecule has 1 saturated carbocycles. The summed E-state index contributed by atoms with van der Waals surface area (Å²) in [7, 11) is 0. The number of esters is 1. The molecule has 2 aliphatic rings. The molecule has 1 aliphatic heterocycles. The highest BCUT2D eigenvalue weighted by atomic mass is 35.5. The van der Waals surface area contributed by atoms with E-state index >= 15 is 0 Å². The van der Waals surface area contributed by atoms with Crippen molar-refractivity contribution in [1.82, 2.24) is 0 Å². The van der Waals surface area contributed by atoms with Crippen LogP contribution in [0.2, 0.25) is 0 Å². The van der Waals surface area contributed by atoms with E-state index in [1.165, 1.54) is 32.1 Å². The maximum absolute atomic E-state index is 11.8. The van der Waals surface area contributed by atoms with E-state index in [9.17, 15) is 4.79 Å². The van der Waals surface area contributed by atoms with Crippen molar-refractivity contribution in [2.75, 3.05) is 0 Å². The van der Waals surface area contributed by atoms with Crippen molar-refractivity contribution in [2.24, 2.45) is 0 Å². The summed E-state index contributed by atoms with van der Waals surface area (Å²) in [6.07, 6.45) is 5.95. The number of thioether (sulfide) groups is 1. The zero-order valence-corrected chi connectivity index (χ0v) is 12.8. The van der Waals surface area contributed by atoms with Gasteiger partial charge in [0.2, 0.25) is 0 Å². The lowest BCUT2D eigenvalue weighted by Crippen LogP contribution is -2.10. The van der Waals surface area contributed by atoms with Gasteiger partial charge in [0.15, 0.2) is 6.10 Å². The van der Waals surface area contributed by atoms with Crippen molar-refractivity contribution < 1.29 is 9.53 Å². The first-order chi connectivity index (χ1) is 9.75. The van der Waals surface area contributed by atoms with Gasteiger partial charge in [0, 0.05) is 5.25 Å². The number of hydrogen-bond acceptors (Lipinski definition) is 3. The Labute approximate surface area is 128 Å². The van der Waals surface area contributed by atoms with Crippen molar-refractivity contribution >= 4 is 29.3 Å². The smallest absolute Gasteiger partial charge is 0.351 e. The topological polar surface area (TPSA) is 26.3 Å². The fraction of sp³-hybridized carbons (Fsp3) is 0.438. The Morgan fingerprint density at radius 3 is 2.50 bits per heavy atom. The van der Waals surface area contributed by atoms with Crippen molar-refractivity contribution in [3.05, 3.63) is 45.8 Å². The Bertz CT molecular complexity index is 521. The molecule has 1 atom stereocenters. The van der Waals surface area contributed by atoms with Gasteiger partial charge in [0.1, 0.15) is 5.03 Å². The Balaban J connectivity index is 1.82. The van der Waals surface area contributed by atoms with E-state index in [1.807, 2.05) is 30.3 Å². The molecule has 1 aromatic rings. The SMILES string of the molecule is O=C1OC(c2ccccc2)C(SC2CCCCC2)=C1Cl. The molecule has 0 radical (unpaired) electrons. The van der Waals surface area contributed by atoms with E-state index in [2.05, 4.69) is 0 Å². The number of hydrogen-bond donors (Lipinski definition) is 0. The molecule has 0 bridgehead atoms. The van der Waals surface area contributed by atoms with E-state index < -0.39 is 0 Å². The van der Waals surface area contributed by atoms with Crippen LogP contribution in [-0.4, -0.2) is 11.2 Å². The summed E-state index contributed by atoms with van der Waals surface area (Å²) >= 11 is 7.92. The molecule has 106 valence electrons. The van der Waals surface area contributed by atoms with Crippen LogP contribution in [0.3, 0.4) is 0 Å². The minimum atomic E-state index is -0.390. The first kappa shape index (κ1) is 14.0. The molecule has 1 fully saturated rings. The summed E-state index contributed by atoms with van der Waals surface area (Å²) in [5, 5.41) is 0.836. The van der Waals surface area contributed by atoms with Crippen LogP contribution in [-0.2, 0) is 9.53 Å². The second-order valence-corrected chi connectivity index (χ2v) is 6.97. The molecule has 0 spiro atoms. The van der Waals surface area contributed by atoms with Gasteiger partial charge >= 0.3 is 5.97 Å². The van der Waals surface area contributed by atoms with Gasteiger partial charge in [-0.05, 0) is 18.4 Å². The first-order valence-corrected chi connectivity index (χ1v) is 8.33. The van der Waals surface area contributed by atoms with Crippen LogP contribution >= 0.6 is 23.4 Å². The third-order valence-corrected chi connectivity index (χ3v) is 5.75. The van der Waals surface area contributed by atoms with Gasteiger partial charge in [-0.3, -0.25) is 0 Å². The van der Waals surface area contributed by atoms with Gasteiger partial charge in [-0.15, -0.1) is 11.8 Å². The molecule has 1 aromatic carbocycles. The minimum Gasteiger partial charge on any atom is -0.448 e. The molecule has 0 saturated heterocycles. The lowest BCUT2D eigenvalue weighted by Gasteiger charge is -2.23. The summed E-state index contributed by atoms with van der Waals surface area (Å²) in [5.74, 6) is -0.390. The zero-order chi connectivity index (χ0) is 13.9. The highest BCUT2D eigenvalue weighted by Crippen LogP contribution is 2.47. The Morgan fingerprint density at radius 1 is 1.10 bits per heavy atom. The Morgan fingerprint density at radius 2 is 1.80 bits per heavy atom. The zero-order valence-electron chi connectivity index (χ0n) is 11.2. The molecular weight excluding hydrogens is 292 g/mol. The van der Waals surface area contributed by atoms with Gasteiger partial charge < -0.3 is 4.74 Å². The van der Waals surface area contributed by atoms with Crippen LogP contribution in [0.15, 0.2) is 40.3 Å². The highest BCUT2D eigenvalue weighted by molar-refractivity contribution is 8.03. The van der Waals surface area contributed by atoms with Gasteiger partial charge in [0.25, 0.3) is 0 Å². The lowest BCUT2D eigenvalue weighted by molar-refractivity contribution is -0.139. The van der Waals surface area contributed by atoms with E-state index in [-0.39, 0.29) is 17.1 Å². The average molecular weight is 309 g/mol. The summed E-state index contributed by atoms with van der Waals surface area (Å²) in [6.45, 7) is 0. The predicted octanol–water partition coefficient (Wildman–Crippen LogP) is 4.80. The molecule has 0 aromatic heterocycles. The number of carbonyl (C=O) groups is 1. The molecule has 1 unspecified atom stereocenters. The molecule has 20 heavy (non-hydrogen) atoms.